The molecule has 0 aromatic heterocycles. The van der Waals surface area contributed by atoms with E-state index in [1.165, 1.54) is 16.7 Å². The highest BCUT2D eigenvalue weighted by molar-refractivity contribution is 6.30. The molecule has 0 spiro atoms. The van der Waals surface area contributed by atoms with Gasteiger partial charge in [-0.3, -0.25) is 0 Å². The van der Waals surface area contributed by atoms with Crippen LogP contribution in [0.25, 0.3) is 0 Å². The van der Waals surface area contributed by atoms with E-state index in [0.717, 1.165) is 42.3 Å². The standard InChI is InChI=1S/C19H22ClNO2.ClH/c1-22-18-11-14-9-10-21-17(16(14)12-19(18)23-2)8-5-13-3-6-15(20)7-4-13;/h3-4,6-7,11-12,17,21H,5,8-10H2,1-2H3;1H. The molecule has 0 saturated heterocycles. The maximum atomic E-state index is 5.95. The third-order valence-electron chi connectivity index (χ3n) is 4.44. The first-order valence-electron chi connectivity index (χ1n) is 7.94. The molecule has 0 radical (unpaired) electrons. The Morgan fingerprint density at radius 2 is 1.75 bits per heavy atom. The lowest BCUT2D eigenvalue weighted by molar-refractivity contribution is 0.351. The van der Waals surface area contributed by atoms with Crippen LogP contribution in [0.5, 0.6) is 11.5 Å². The number of fused-ring (bicyclic) bond motifs is 1. The second-order valence-corrected chi connectivity index (χ2v) is 6.26. The molecule has 3 nitrogen and oxygen atoms in total. The maximum absolute atomic E-state index is 5.95. The smallest absolute Gasteiger partial charge is 0.161 e. The van der Waals surface area contributed by atoms with Gasteiger partial charge >= 0.3 is 0 Å². The Morgan fingerprint density at radius 1 is 1.08 bits per heavy atom. The van der Waals surface area contributed by atoms with Gasteiger partial charge in [-0.05, 0) is 66.8 Å². The van der Waals surface area contributed by atoms with Gasteiger partial charge in [0.2, 0.25) is 0 Å². The Morgan fingerprint density at radius 3 is 2.42 bits per heavy atom. The first-order chi connectivity index (χ1) is 11.2. The Bertz CT molecular complexity index is 674. The molecule has 0 fully saturated rings. The second-order valence-electron chi connectivity index (χ2n) is 5.83. The van der Waals surface area contributed by atoms with E-state index >= 15 is 0 Å². The molecule has 1 heterocycles. The van der Waals surface area contributed by atoms with Gasteiger partial charge in [-0.25, -0.2) is 0 Å². The number of hydrogen-bond donors (Lipinski definition) is 1. The molecular weight excluding hydrogens is 345 g/mol. The minimum absolute atomic E-state index is 0. The van der Waals surface area contributed by atoms with Crippen molar-refractivity contribution < 1.29 is 9.47 Å². The number of methoxy groups -OCH3 is 2. The summed E-state index contributed by atoms with van der Waals surface area (Å²) in [5, 5.41) is 4.41. The fourth-order valence-electron chi connectivity index (χ4n) is 3.19. The molecule has 1 unspecified atom stereocenters. The Balaban J connectivity index is 0.00000208. The highest BCUT2D eigenvalue weighted by Crippen LogP contribution is 2.36. The maximum Gasteiger partial charge on any atom is 0.161 e. The second kappa shape index (κ2) is 8.61. The molecule has 0 amide bonds. The quantitative estimate of drug-likeness (QED) is 0.837. The van der Waals surface area contributed by atoms with E-state index in [2.05, 4.69) is 29.6 Å². The van der Waals surface area contributed by atoms with Crippen molar-refractivity contribution in [3.63, 3.8) is 0 Å². The minimum Gasteiger partial charge on any atom is -0.493 e. The van der Waals surface area contributed by atoms with Crippen molar-refractivity contribution in [2.45, 2.75) is 25.3 Å². The van der Waals surface area contributed by atoms with Gasteiger partial charge < -0.3 is 14.8 Å². The molecule has 24 heavy (non-hydrogen) atoms. The Hall–Kier alpha value is -1.42. The number of aryl methyl sites for hydroxylation is 1. The Kier molecular flexibility index (Phi) is 6.79. The third-order valence-corrected chi connectivity index (χ3v) is 4.69. The summed E-state index contributed by atoms with van der Waals surface area (Å²) >= 11 is 5.95. The van der Waals surface area contributed by atoms with Crippen molar-refractivity contribution >= 4 is 24.0 Å². The first kappa shape index (κ1) is 18.9. The molecule has 5 heteroatoms. The summed E-state index contributed by atoms with van der Waals surface area (Å²) in [4.78, 5) is 0. The molecule has 0 aliphatic carbocycles. The summed E-state index contributed by atoms with van der Waals surface area (Å²) in [6.45, 7) is 0.994. The van der Waals surface area contributed by atoms with E-state index < -0.39 is 0 Å². The van der Waals surface area contributed by atoms with Crippen molar-refractivity contribution in [1.29, 1.82) is 0 Å². The average molecular weight is 368 g/mol. The number of ether oxygens (including phenoxy) is 2. The fraction of sp³-hybridized carbons (Fsp3) is 0.368. The van der Waals surface area contributed by atoms with E-state index in [-0.39, 0.29) is 12.4 Å². The summed E-state index contributed by atoms with van der Waals surface area (Å²) in [7, 11) is 3.37. The molecular formula is C19H23Cl2NO2. The highest BCUT2D eigenvalue weighted by Gasteiger charge is 2.22. The zero-order valence-electron chi connectivity index (χ0n) is 14.0. The highest BCUT2D eigenvalue weighted by atomic mass is 35.5. The normalized spacial score (nSPS) is 16.0. The predicted octanol–water partition coefficient (Wildman–Crippen LogP) is 4.60. The molecule has 0 saturated carbocycles. The zero-order chi connectivity index (χ0) is 16.2. The molecule has 2 aromatic rings. The summed E-state index contributed by atoms with van der Waals surface area (Å²) in [5.41, 5.74) is 3.98. The van der Waals surface area contributed by atoms with Gasteiger partial charge in [0.25, 0.3) is 0 Å². The molecule has 0 bridgehead atoms. The molecule has 1 atom stereocenters. The van der Waals surface area contributed by atoms with Gasteiger partial charge in [-0.1, -0.05) is 23.7 Å². The van der Waals surface area contributed by atoms with Crippen LogP contribution >= 0.6 is 24.0 Å². The molecule has 1 aliphatic rings. The fourth-order valence-corrected chi connectivity index (χ4v) is 3.31. The van der Waals surface area contributed by atoms with Crippen molar-refractivity contribution in [1.82, 2.24) is 5.32 Å². The van der Waals surface area contributed by atoms with Gasteiger partial charge in [0.15, 0.2) is 11.5 Å². The largest absolute Gasteiger partial charge is 0.493 e. The van der Waals surface area contributed by atoms with Crippen molar-refractivity contribution in [2.75, 3.05) is 20.8 Å². The lowest BCUT2D eigenvalue weighted by Gasteiger charge is -2.28. The SMILES string of the molecule is COc1cc2c(cc1OC)C(CCc1ccc(Cl)cc1)NCC2.Cl. The number of rotatable bonds is 5. The third kappa shape index (κ3) is 4.15. The van der Waals surface area contributed by atoms with Crippen LogP contribution in [0.2, 0.25) is 5.02 Å². The van der Waals surface area contributed by atoms with Crippen LogP contribution in [0.4, 0.5) is 0 Å². The molecule has 2 aromatic carbocycles. The van der Waals surface area contributed by atoms with Crippen LogP contribution in [0.3, 0.4) is 0 Å². The monoisotopic (exact) mass is 367 g/mol. The van der Waals surface area contributed by atoms with Crippen LogP contribution < -0.4 is 14.8 Å². The van der Waals surface area contributed by atoms with Gasteiger partial charge in [-0.2, -0.15) is 0 Å². The van der Waals surface area contributed by atoms with Crippen LogP contribution in [-0.2, 0) is 12.8 Å². The number of benzene rings is 2. The van der Waals surface area contributed by atoms with E-state index in [0.29, 0.717) is 6.04 Å². The summed E-state index contributed by atoms with van der Waals surface area (Å²) in [6, 6.07) is 12.7. The lowest BCUT2D eigenvalue weighted by Crippen LogP contribution is -2.30. The van der Waals surface area contributed by atoms with Gasteiger partial charge in [0, 0.05) is 11.1 Å². The number of hydrogen-bond acceptors (Lipinski definition) is 3. The predicted molar refractivity (Wildman–Crippen MR) is 101 cm³/mol. The molecule has 3 rings (SSSR count). The van der Waals surface area contributed by atoms with Crippen molar-refractivity contribution in [2.24, 2.45) is 0 Å². The van der Waals surface area contributed by atoms with Gasteiger partial charge in [-0.15, -0.1) is 12.4 Å². The lowest BCUT2D eigenvalue weighted by atomic mass is 9.90. The van der Waals surface area contributed by atoms with Crippen LogP contribution in [0.15, 0.2) is 36.4 Å². The molecule has 1 N–H and O–H groups in total. The Labute approximate surface area is 154 Å². The number of nitrogens with one attached hydrogen (secondary N) is 1. The van der Waals surface area contributed by atoms with E-state index in [1.54, 1.807) is 14.2 Å². The topological polar surface area (TPSA) is 30.5 Å². The number of halogens is 2. The van der Waals surface area contributed by atoms with Gasteiger partial charge in [0.05, 0.1) is 14.2 Å². The van der Waals surface area contributed by atoms with Crippen molar-refractivity contribution in [3.05, 3.63) is 58.1 Å². The van der Waals surface area contributed by atoms with Crippen LogP contribution in [0, 0.1) is 0 Å². The van der Waals surface area contributed by atoms with Gasteiger partial charge in [0.1, 0.15) is 0 Å². The minimum atomic E-state index is 0. The van der Waals surface area contributed by atoms with Crippen LogP contribution in [-0.4, -0.2) is 20.8 Å². The molecule has 130 valence electrons. The van der Waals surface area contributed by atoms with Crippen molar-refractivity contribution in [3.8, 4) is 11.5 Å². The summed E-state index contributed by atoms with van der Waals surface area (Å²) in [6.07, 6.45) is 3.08. The molecule has 1 aliphatic heterocycles. The van der Waals surface area contributed by atoms with E-state index in [9.17, 15) is 0 Å². The first-order valence-corrected chi connectivity index (χ1v) is 8.31. The summed E-state index contributed by atoms with van der Waals surface area (Å²) < 4.78 is 10.9. The zero-order valence-corrected chi connectivity index (χ0v) is 15.5. The van der Waals surface area contributed by atoms with Crippen LogP contribution in [0.1, 0.15) is 29.2 Å². The average Bonchev–Trinajstić information content (AvgIpc) is 2.60. The summed E-state index contributed by atoms with van der Waals surface area (Å²) in [5.74, 6) is 1.61. The van der Waals surface area contributed by atoms with E-state index in [4.69, 9.17) is 21.1 Å². The van der Waals surface area contributed by atoms with E-state index in [1.807, 2.05) is 12.1 Å².